The van der Waals surface area contributed by atoms with Gasteiger partial charge in [0.2, 0.25) is 0 Å². The van der Waals surface area contributed by atoms with Crippen LogP contribution in [0.3, 0.4) is 0 Å². The molecule has 0 aromatic rings. The Hall–Kier alpha value is -1.04. The average Bonchev–Trinajstić information content (AvgIpc) is 1.99. The van der Waals surface area contributed by atoms with Gasteiger partial charge >= 0.3 is 0 Å². The molecule has 1 unspecified atom stereocenters. The van der Waals surface area contributed by atoms with Crippen molar-refractivity contribution in [3.63, 3.8) is 0 Å². The summed E-state index contributed by atoms with van der Waals surface area (Å²) in [6, 6.07) is 0. The van der Waals surface area contributed by atoms with Crippen molar-refractivity contribution >= 4 is 17.7 Å². The van der Waals surface area contributed by atoms with Crippen LogP contribution in [0.2, 0.25) is 0 Å². The molecule has 6 N–H and O–H groups in total. The smallest absolute Gasteiger partial charge is 0.273 e. The summed E-state index contributed by atoms with van der Waals surface area (Å²) < 4.78 is 0. The van der Waals surface area contributed by atoms with E-state index in [0.717, 1.165) is 0 Å². The molecule has 1 atom stereocenters. The van der Waals surface area contributed by atoms with Crippen molar-refractivity contribution in [1.82, 2.24) is 10.6 Å². The van der Waals surface area contributed by atoms with Crippen molar-refractivity contribution in [1.29, 1.82) is 0 Å². The number of hydrogen-bond donors (Lipinski definition) is 4. The topological polar surface area (TPSA) is 93.2 Å². The molecule has 1 aliphatic rings. The predicted octanol–water partition coefficient (Wildman–Crippen LogP) is -1.56. The second kappa shape index (κ2) is 2.91. The zero-order valence-electron chi connectivity index (χ0n) is 6.05. The molecule has 0 aromatic heterocycles. The van der Waals surface area contributed by atoms with Crippen molar-refractivity contribution in [3.8, 4) is 0 Å². The fourth-order valence-electron chi connectivity index (χ4n) is 0.692. The summed E-state index contributed by atoms with van der Waals surface area (Å²) in [6.07, 6.45) is 1.85. The molecule has 5 nitrogen and oxygen atoms in total. The Kier molecular flexibility index (Phi) is 2.13. The van der Waals surface area contributed by atoms with Gasteiger partial charge in [0.1, 0.15) is 17.0 Å². The average molecular weight is 174 g/mol. The van der Waals surface area contributed by atoms with Gasteiger partial charge in [-0.3, -0.25) is 4.79 Å². The lowest BCUT2D eigenvalue weighted by atomic mass is 10.4. The van der Waals surface area contributed by atoms with E-state index in [9.17, 15) is 4.79 Å². The second-order valence-corrected chi connectivity index (χ2v) is 3.00. The van der Waals surface area contributed by atoms with Gasteiger partial charge in [0.05, 0.1) is 0 Å². The van der Waals surface area contributed by atoms with E-state index in [1.54, 1.807) is 0 Å². The minimum absolute atomic E-state index is 0.0512. The van der Waals surface area contributed by atoms with Crippen molar-refractivity contribution in [2.45, 2.75) is 5.50 Å². The van der Waals surface area contributed by atoms with Crippen molar-refractivity contribution < 1.29 is 4.79 Å². The third-order valence-corrected chi connectivity index (χ3v) is 2.03. The van der Waals surface area contributed by atoms with Gasteiger partial charge in [-0.1, -0.05) is 0 Å². The molecule has 0 bridgehead atoms. The number of thioether (sulfide) groups is 1. The molecular formula is C5H10N4OS. The molecule has 0 aliphatic carbocycles. The third kappa shape index (κ3) is 1.51. The molecular weight excluding hydrogens is 164 g/mol. The fourth-order valence-corrected chi connectivity index (χ4v) is 1.16. The highest BCUT2D eigenvalue weighted by molar-refractivity contribution is 7.99. The van der Waals surface area contributed by atoms with E-state index in [1.165, 1.54) is 11.8 Å². The second-order valence-electron chi connectivity index (χ2n) is 2.06. The van der Waals surface area contributed by atoms with E-state index >= 15 is 0 Å². The van der Waals surface area contributed by atoms with Gasteiger partial charge in [-0.2, -0.15) is 0 Å². The molecule has 62 valence electrons. The number of nitrogens with one attached hydrogen (secondary N) is 2. The molecule has 0 radical (unpaired) electrons. The molecule has 1 heterocycles. The summed E-state index contributed by atoms with van der Waals surface area (Å²) in [4.78, 5) is 10.9. The fraction of sp³-hybridized carbons (Fsp3) is 0.400. The van der Waals surface area contributed by atoms with E-state index in [-0.39, 0.29) is 22.9 Å². The molecule has 0 spiro atoms. The normalized spacial score (nSPS) is 24.5. The van der Waals surface area contributed by atoms with Crippen LogP contribution in [0.15, 0.2) is 11.5 Å². The molecule has 0 saturated heterocycles. The zero-order valence-corrected chi connectivity index (χ0v) is 6.87. The first-order valence-electron chi connectivity index (χ1n) is 3.00. The Morgan fingerprint density at radius 2 is 2.09 bits per heavy atom. The first kappa shape index (κ1) is 8.06. The number of carbonyl (C=O) groups excluding carboxylic acids is 1. The Morgan fingerprint density at radius 1 is 1.45 bits per heavy atom. The molecule has 1 amide bonds. The maximum Gasteiger partial charge on any atom is 0.273 e. The van der Waals surface area contributed by atoms with Crippen molar-refractivity contribution in [2.75, 3.05) is 6.26 Å². The van der Waals surface area contributed by atoms with Crippen LogP contribution >= 0.6 is 11.8 Å². The minimum atomic E-state index is -0.319. The van der Waals surface area contributed by atoms with Gasteiger partial charge in [-0.05, 0) is 6.26 Å². The number of hydrogen-bond acceptors (Lipinski definition) is 5. The largest absolute Gasteiger partial charge is 0.391 e. The van der Waals surface area contributed by atoms with Crippen LogP contribution < -0.4 is 22.1 Å². The first-order valence-corrected chi connectivity index (χ1v) is 4.29. The predicted molar refractivity (Wildman–Crippen MR) is 44.0 cm³/mol. The molecule has 0 fully saturated rings. The summed E-state index contributed by atoms with van der Waals surface area (Å²) >= 11 is 1.44. The van der Waals surface area contributed by atoms with Gasteiger partial charge in [-0.25, -0.2) is 0 Å². The number of carbonyl (C=O) groups is 1. The highest BCUT2D eigenvalue weighted by atomic mass is 32.2. The van der Waals surface area contributed by atoms with E-state index in [4.69, 9.17) is 11.5 Å². The number of rotatable bonds is 1. The Morgan fingerprint density at radius 3 is 2.55 bits per heavy atom. The summed E-state index contributed by atoms with van der Waals surface area (Å²) in [5.41, 5.74) is 10.6. The molecule has 0 aromatic carbocycles. The van der Waals surface area contributed by atoms with Crippen LogP contribution in [-0.4, -0.2) is 17.7 Å². The molecule has 11 heavy (non-hydrogen) atoms. The maximum absolute atomic E-state index is 10.9. The summed E-state index contributed by atoms with van der Waals surface area (Å²) in [5, 5.41) is 5.41. The van der Waals surface area contributed by atoms with E-state index in [1.807, 2.05) is 6.26 Å². The minimum Gasteiger partial charge on any atom is -0.391 e. The SMILES string of the molecule is CSC1NC(=O)C(N)=C(N)N1. The monoisotopic (exact) mass is 174 g/mol. The number of nitrogens with two attached hydrogens (primary N) is 2. The highest BCUT2D eigenvalue weighted by Gasteiger charge is 2.21. The van der Waals surface area contributed by atoms with Crippen LogP contribution in [0.4, 0.5) is 0 Å². The molecule has 6 heteroatoms. The van der Waals surface area contributed by atoms with Gasteiger partial charge in [-0.15, -0.1) is 11.8 Å². The Balaban J connectivity index is 2.76. The van der Waals surface area contributed by atoms with Crippen LogP contribution in [0.25, 0.3) is 0 Å². The van der Waals surface area contributed by atoms with Crippen LogP contribution in [0.5, 0.6) is 0 Å². The van der Waals surface area contributed by atoms with Crippen LogP contribution in [0.1, 0.15) is 0 Å². The summed E-state index contributed by atoms with van der Waals surface area (Å²) in [6.45, 7) is 0. The lowest BCUT2D eigenvalue weighted by Gasteiger charge is -2.24. The summed E-state index contributed by atoms with van der Waals surface area (Å²) in [5.74, 6) is -0.0753. The van der Waals surface area contributed by atoms with Gasteiger partial charge in [0, 0.05) is 0 Å². The highest BCUT2D eigenvalue weighted by Crippen LogP contribution is 2.06. The standard InChI is InChI=1S/C5H10N4OS/c1-11-5-8-3(7)2(6)4(10)9-5/h5,8H,6-7H2,1H3,(H,9,10). The molecule has 1 rings (SSSR count). The van der Waals surface area contributed by atoms with Gasteiger partial charge in [0.25, 0.3) is 5.91 Å². The first-order chi connectivity index (χ1) is 5.15. The molecule has 1 aliphatic heterocycles. The van der Waals surface area contributed by atoms with Crippen LogP contribution in [-0.2, 0) is 4.79 Å². The quantitative estimate of drug-likeness (QED) is 0.386. The molecule has 0 saturated carbocycles. The van der Waals surface area contributed by atoms with Crippen molar-refractivity contribution in [2.24, 2.45) is 11.5 Å². The van der Waals surface area contributed by atoms with Crippen molar-refractivity contribution in [3.05, 3.63) is 11.5 Å². The van der Waals surface area contributed by atoms with E-state index in [2.05, 4.69) is 10.6 Å². The van der Waals surface area contributed by atoms with Crippen LogP contribution in [0, 0.1) is 0 Å². The van der Waals surface area contributed by atoms with Gasteiger partial charge < -0.3 is 22.1 Å². The maximum atomic E-state index is 10.9. The summed E-state index contributed by atoms with van der Waals surface area (Å²) in [7, 11) is 0. The lowest BCUT2D eigenvalue weighted by molar-refractivity contribution is -0.118. The third-order valence-electron chi connectivity index (χ3n) is 1.32. The van der Waals surface area contributed by atoms with Gasteiger partial charge in [0.15, 0.2) is 0 Å². The zero-order chi connectivity index (χ0) is 8.43. The Bertz CT molecular complexity index is 215. The number of amides is 1. The van der Waals surface area contributed by atoms with E-state index < -0.39 is 0 Å². The Labute approximate surface area is 68.6 Å². The van der Waals surface area contributed by atoms with E-state index in [0.29, 0.717) is 0 Å². The lowest BCUT2D eigenvalue weighted by Crippen LogP contribution is -2.52.